The van der Waals surface area contributed by atoms with Crippen molar-refractivity contribution in [3.05, 3.63) is 51.8 Å². The molecular formula is C15H11BrF3N5. The molecule has 4 rings (SSSR count). The van der Waals surface area contributed by atoms with Crippen molar-refractivity contribution in [3.63, 3.8) is 0 Å². The van der Waals surface area contributed by atoms with E-state index in [9.17, 15) is 13.2 Å². The topological polar surface area (TPSA) is 46.3 Å². The molecule has 0 radical (unpaired) electrons. The van der Waals surface area contributed by atoms with Crippen LogP contribution in [0.1, 0.15) is 17.0 Å². The Morgan fingerprint density at radius 1 is 1.08 bits per heavy atom. The molecule has 124 valence electrons. The summed E-state index contributed by atoms with van der Waals surface area (Å²) in [7, 11) is 0. The smallest absolute Gasteiger partial charge is 0.350 e. The molecule has 24 heavy (non-hydrogen) atoms. The molecule has 0 saturated carbocycles. The van der Waals surface area contributed by atoms with Crippen molar-refractivity contribution in [1.29, 1.82) is 0 Å². The zero-order chi connectivity index (χ0) is 16.9. The van der Waals surface area contributed by atoms with E-state index in [4.69, 9.17) is 0 Å². The van der Waals surface area contributed by atoms with Gasteiger partial charge >= 0.3 is 6.18 Å². The molecule has 0 amide bonds. The summed E-state index contributed by atoms with van der Waals surface area (Å²) in [5, 5.41) is 10.8. The van der Waals surface area contributed by atoms with Crippen LogP contribution in [0.25, 0.3) is 5.65 Å². The summed E-state index contributed by atoms with van der Waals surface area (Å²) in [5.74, 6) is -0.646. The van der Waals surface area contributed by atoms with E-state index < -0.39 is 12.0 Å². The highest BCUT2D eigenvalue weighted by Gasteiger charge is 2.37. The molecule has 0 saturated heterocycles. The number of aromatic nitrogens is 4. The van der Waals surface area contributed by atoms with Crippen molar-refractivity contribution in [2.45, 2.75) is 19.1 Å². The zero-order valence-electron chi connectivity index (χ0n) is 12.3. The fourth-order valence-corrected chi connectivity index (χ4v) is 3.39. The van der Waals surface area contributed by atoms with Crippen molar-refractivity contribution < 1.29 is 13.2 Å². The Morgan fingerprint density at radius 2 is 1.92 bits per heavy atom. The molecule has 5 nitrogen and oxygen atoms in total. The lowest BCUT2D eigenvalue weighted by atomic mass is 10.00. The Bertz CT molecular complexity index is 921. The summed E-state index contributed by atoms with van der Waals surface area (Å²) in [5.41, 5.74) is 2.44. The van der Waals surface area contributed by atoms with Crippen molar-refractivity contribution in [2.75, 3.05) is 11.4 Å². The van der Waals surface area contributed by atoms with E-state index in [0.717, 1.165) is 21.0 Å². The summed E-state index contributed by atoms with van der Waals surface area (Å²) >= 11 is 3.53. The Labute approximate surface area is 143 Å². The van der Waals surface area contributed by atoms with Crippen LogP contribution in [0.3, 0.4) is 0 Å². The highest BCUT2D eigenvalue weighted by atomic mass is 79.9. The van der Waals surface area contributed by atoms with Crippen LogP contribution in [0.2, 0.25) is 0 Å². The Balaban J connectivity index is 1.74. The standard InChI is InChI=1S/C15H11BrF3N5/c16-11-3-1-2-9-6-7-23(8-10(9)11)13-5-4-12-20-21-14(15(17,18)19)24(12)22-13/h1-5H,6-8H2. The molecule has 0 N–H and O–H groups in total. The zero-order valence-corrected chi connectivity index (χ0v) is 13.8. The minimum Gasteiger partial charge on any atom is -0.350 e. The number of alkyl halides is 3. The largest absolute Gasteiger partial charge is 0.453 e. The third-order valence-corrected chi connectivity index (χ3v) is 4.79. The summed E-state index contributed by atoms with van der Waals surface area (Å²) in [6, 6.07) is 9.18. The fraction of sp³-hybridized carbons (Fsp3) is 0.267. The number of halogens is 4. The Hall–Kier alpha value is -2.16. The molecular weight excluding hydrogens is 387 g/mol. The number of benzene rings is 1. The van der Waals surface area contributed by atoms with E-state index in [0.29, 0.717) is 18.9 Å². The van der Waals surface area contributed by atoms with Crippen molar-refractivity contribution >= 4 is 27.4 Å². The summed E-state index contributed by atoms with van der Waals surface area (Å²) in [4.78, 5) is 1.95. The first-order valence-corrected chi connectivity index (χ1v) is 8.03. The van der Waals surface area contributed by atoms with Gasteiger partial charge in [0.1, 0.15) is 5.82 Å². The quantitative estimate of drug-likeness (QED) is 0.630. The van der Waals surface area contributed by atoms with Gasteiger partial charge in [0.15, 0.2) is 5.65 Å². The van der Waals surface area contributed by atoms with E-state index in [-0.39, 0.29) is 5.65 Å². The van der Waals surface area contributed by atoms with E-state index in [1.54, 1.807) is 6.07 Å². The van der Waals surface area contributed by atoms with Crippen LogP contribution < -0.4 is 4.90 Å². The van der Waals surface area contributed by atoms with Crippen LogP contribution in [-0.2, 0) is 19.1 Å². The number of anilines is 1. The van der Waals surface area contributed by atoms with Gasteiger partial charge in [-0.3, -0.25) is 0 Å². The number of fused-ring (bicyclic) bond motifs is 2. The monoisotopic (exact) mass is 397 g/mol. The summed E-state index contributed by atoms with van der Waals surface area (Å²) in [6.45, 7) is 1.27. The van der Waals surface area contributed by atoms with Gasteiger partial charge in [-0.2, -0.15) is 17.7 Å². The van der Waals surface area contributed by atoms with E-state index >= 15 is 0 Å². The number of rotatable bonds is 1. The van der Waals surface area contributed by atoms with Gasteiger partial charge in [-0.05, 0) is 35.7 Å². The predicted molar refractivity (Wildman–Crippen MR) is 84.7 cm³/mol. The lowest BCUT2D eigenvalue weighted by Gasteiger charge is -2.30. The van der Waals surface area contributed by atoms with Crippen molar-refractivity contribution in [2.24, 2.45) is 0 Å². The second-order valence-corrected chi connectivity index (χ2v) is 6.39. The first-order chi connectivity index (χ1) is 11.4. The molecule has 0 aliphatic carbocycles. The molecule has 9 heteroatoms. The van der Waals surface area contributed by atoms with Crippen LogP contribution in [0.5, 0.6) is 0 Å². The molecule has 1 aromatic carbocycles. The summed E-state index contributed by atoms with van der Waals surface area (Å²) in [6.07, 6.45) is -3.79. The maximum atomic E-state index is 13.0. The van der Waals surface area contributed by atoms with Gasteiger partial charge in [-0.1, -0.05) is 28.1 Å². The van der Waals surface area contributed by atoms with Crippen LogP contribution >= 0.6 is 15.9 Å². The first-order valence-electron chi connectivity index (χ1n) is 7.24. The lowest BCUT2D eigenvalue weighted by molar-refractivity contribution is -0.146. The molecule has 3 aromatic rings. The third-order valence-electron chi connectivity index (χ3n) is 4.04. The van der Waals surface area contributed by atoms with Crippen molar-refractivity contribution in [3.8, 4) is 0 Å². The molecule has 0 atom stereocenters. The Morgan fingerprint density at radius 3 is 2.71 bits per heavy atom. The SMILES string of the molecule is FC(F)(F)c1nnc2ccc(N3CCc4cccc(Br)c4C3)nn12. The summed E-state index contributed by atoms with van der Waals surface area (Å²) < 4.78 is 40.7. The first kappa shape index (κ1) is 15.4. The second kappa shape index (κ2) is 5.44. The predicted octanol–water partition coefficient (Wildman–Crippen LogP) is 3.47. The van der Waals surface area contributed by atoms with E-state index in [1.165, 1.54) is 11.6 Å². The van der Waals surface area contributed by atoms with E-state index in [2.05, 4.69) is 37.3 Å². The average molecular weight is 398 g/mol. The maximum Gasteiger partial charge on any atom is 0.453 e. The lowest BCUT2D eigenvalue weighted by Crippen LogP contribution is -2.31. The molecule has 2 aromatic heterocycles. The number of nitrogens with zero attached hydrogens (tertiary/aromatic N) is 5. The minimum absolute atomic E-state index is 0.0738. The molecule has 0 fully saturated rings. The molecule has 1 aliphatic heterocycles. The normalized spacial score (nSPS) is 14.9. The number of hydrogen-bond acceptors (Lipinski definition) is 4. The average Bonchev–Trinajstić information content (AvgIpc) is 2.98. The van der Waals surface area contributed by atoms with Gasteiger partial charge in [0, 0.05) is 17.6 Å². The van der Waals surface area contributed by atoms with Gasteiger partial charge in [0.05, 0.1) is 0 Å². The molecule has 0 bridgehead atoms. The van der Waals surface area contributed by atoms with Crippen molar-refractivity contribution in [1.82, 2.24) is 19.8 Å². The van der Waals surface area contributed by atoms with E-state index in [1.807, 2.05) is 17.0 Å². The third kappa shape index (κ3) is 2.52. The Kier molecular flexibility index (Phi) is 3.48. The maximum absolute atomic E-state index is 13.0. The second-order valence-electron chi connectivity index (χ2n) is 5.53. The molecule has 0 unspecified atom stereocenters. The van der Waals surface area contributed by atoms with Gasteiger partial charge in [-0.15, -0.1) is 15.3 Å². The molecule has 0 spiro atoms. The van der Waals surface area contributed by atoms with Crippen LogP contribution in [0.4, 0.5) is 19.0 Å². The van der Waals surface area contributed by atoms with Gasteiger partial charge in [0.25, 0.3) is 5.82 Å². The van der Waals surface area contributed by atoms with Gasteiger partial charge in [-0.25, -0.2) is 0 Å². The minimum atomic E-state index is -4.59. The highest BCUT2D eigenvalue weighted by molar-refractivity contribution is 9.10. The van der Waals surface area contributed by atoms with Crippen LogP contribution in [0, 0.1) is 0 Å². The van der Waals surface area contributed by atoms with Crippen LogP contribution in [0.15, 0.2) is 34.8 Å². The fourth-order valence-electron chi connectivity index (χ4n) is 2.86. The van der Waals surface area contributed by atoms with Gasteiger partial charge < -0.3 is 4.90 Å². The molecule has 3 heterocycles. The molecule has 1 aliphatic rings. The highest BCUT2D eigenvalue weighted by Crippen LogP contribution is 2.30. The number of hydrogen-bond donors (Lipinski definition) is 0. The van der Waals surface area contributed by atoms with Crippen LogP contribution in [-0.4, -0.2) is 26.4 Å². The van der Waals surface area contributed by atoms with Gasteiger partial charge in [0.2, 0.25) is 0 Å².